The Labute approximate surface area is 202 Å². The van der Waals surface area contributed by atoms with Crippen molar-refractivity contribution >= 4 is 22.4 Å². The van der Waals surface area contributed by atoms with Crippen molar-refractivity contribution in [3.63, 3.8) is 0 Å². The van der Waals surface area contributed by atoms with Crippen LogP contribution in [0.5, 0.6) is 0 Å². The van der Waals surface area contributed by atoms with Crippen LogP contribution >= 0.6 is 0 Å². The van der Waals surface area contributed by atoms with Gasteiger partial charge in [-0.05, 0) is 42.0 Å². The van der Waals surface area contributed by atoms with Crippen LogP contribution in [0.2, 0.25) is 0 Å². The Hall–Kier alpha value is -1.96. The second-order valence-electron chi connectivity index (χ2n) is 8.51. The fourth-order valence-electron chi connectivity index (χ4n) is 4.45. The molecular formula is C26H31IN2O2. The summed E-state index contributed by atoms with van der Waals surface area (Å²) in [6.07, 6.45) is 2.26. The van der Waals surface area contributed by atoms with E-state index < -0.39 is 0 Å². The van der Waals surface area contributed by atoms with E-state index in [1.165, 1.54) is 5.56 Å². The topological polar surface area (TPSA) is 38.3 Å². The molecule has 3 aromatic carbocycles. The summed E-state index contributed by atoms with van der Waals surface area (Å²) in [5.41, 5.74) is 2.80. The summed E-state index contributed by atoms with van der Waals surface area (Å²) in [5, 5.41) is 5.24. The first-order chi connectivity index (χ1) is 14.6. The number of nitrogens with one attached hydrogen (secondary N) is 1. The third-order valence-corrected chi connectivity index (χ3v) is 6.56. The molecule has 1 unspecified atom stereocenters. The van der Waals surface area contributed by atoms with Gasteiger partial charge in [0.05, 0.1) is 32.8 Å². The number of fused-ring (bicyclic) bond motifs is 1. The van der Waals surface area contributed by atoms with Crippen molar-refractivity contribution in [3.05, 3.63) is 77.9 Å². The van der Waals surface area contributed by atoms with Gasteiger partial charge in [0.1, 0.15) is 6.54 Å². The van der Waals surface area contributed by atoms with Gasteiger partial charge >= 0.3 is 0 Å². The number of hydrogen-bond donors (Lipinski definition) is 1. The summed E-state index contributed by atoms with van der Waals surface area (Å²) >= 11 is 0. The molecule has 3 aromatic rings. The molecule has 1 aliphatic heterocycles. The van der Waals surface area contributed by atoms with Crippen LogP contribution in [0.3, 0.4) is 0 Å². The first-order valence-electron chi connectivity index (χ1n) is 10.9. The third-order valence-electron chi connectivity index (χ3n) is 6.56. The molecule has 1 fully saturated rings. The van der Waals surface area contributed by atoms with Gasteiger partial charge < -0.3 is 38.5 Å². The van der Waals surface area contributed by atoms with E-state index >= 15 is 0 Å². The average Bonchev–Trinajstić information content (AvgIpc) is 2.80. The molecule has 164 valence electrons. The molecule has 0 aromatic heterocycles. The molecule has 0 saturated carbocycles. The van der Waals surface area contributed by atoms with Crippen molar-refractivity contribution in [2.45, 2.75) is 32.4 Å². The molecule has 4 rings (SSSR count). The van der Waals surface area contributed by atoms with Crippen LogP contribution in [0.4, 0.5) is 5.69 Å². The van der Waals surface area contributed by atoms with Crippen LogP contribution in [0, 0.1) is 0 Å². The summed E-state index contributed by atoms with van der Waals surface area (Å²) in [6, 6.07) is 22.9. The second-order valence-corrected chi connectivity index (χ2v) is 8.51. The number of halogens is 1. The van der Waals surface area contributed by atoms with Crippen molar-refractivity contribution in [1.29, 1.82) is 0 Å². The highest BCUT2D eigenvalue weighted by atomic mass is 127. The van der Waals surface area contributed by atoms with E-state index in [1.807, 2.05) is 48.5 Å². The maximum absolute atomic E-state index is 12.7. The van der Waals surface area contributed by atoms with Crippen LogP contribution in [0.1, 0.15) is 35.7 Å². The number of carbonyl (C=O) groups is 1. The minimum absolute atomic E-state index is 0. The van der Waals surface area contributed by atoms with Crippen molar-refractivity contribution in [2.24, 2.45) is 0 Å². The number of quaternary nitrogens is 1. The number of benzene rings is 3. The van der Waals surface area contributed by atoms with Crippen LogP contribution in [-0.4, -0.2) is 43.2 Å². The van der Waals surface area contributed by atoms with E-state index in [9.17, 15) is 4.79 Å². The molecule has 0 radical (unpaired) electrons. The molecule has 1 N–H and O–H groups in total. The predicted octanol–water partition coefficient (Wildman–Crippen LogP) is 2.24. The molecule has 0 bridgehead atoms. The smallest absolute Gasteiger partial charge is 0.255 e. The quantitative estimate of drug-likeness (QED) is 0.393. The fraction of sp³-hybridized carbons (Fsp3) is 0.346. The summed E-state index contributed by atoms with van der Waals surface area (Å²) < 4.78 is 6.59. The zero-order valence-electron chi connectivity index (χ0n) is 18.3. The first-order valence-corrected chi connectivity index (χ1v) is 10.9. The van der Waals surface area contributed by atoms with E-state index in [0.717, 1.165) is 60.1 Å². The maximum Gasteiger partial charge on any atom is 0.255 e. The molecule has 31 heavy (non-hydrogen) atoms. The highest BCUT2D eigenvalue weighted by Gasteiger charge is 2.32. The molecule has 1 saturated heterocycles. The van der Waals surface area contributed by atoms with Crippen LogP contribution in [0.15, 0.2) is 66.7 Å². The van der Waals surface area contributed by atoms with E-state index in [-0.39, 0.29) is 29.9 Å². The fourth-order valence-corrected chi connectivity index (χ4v) is 4.45. The van der Waals surface area contributed by atoms with Gasteiger partial charge in [0, 0.05) is 29.7 Å². The second kappa shape index (κ2) is 10.6. The molecule has 4 nitrogen and oxygen atoms in total. The van der Waals surface area contributed by atoms with Crippen molar-refractivity contribution in [3.8, 4) is 0 Å². The number of nitrogens with zero attached hydrogens (tertiary/aromatic N) is 1. The summed E-state index contributed by atoms with van der Waals surface area (Å²) in [6.45, 7) is 6.12. The molecule has 5 heteroatoms. The van der Waals surface area contributed by atoms with E-state index in [4.69, 9.17) is 4.74 Å². The normalized spacial score (nSPS) is 16.3. The lowest BCUT2D eigenvalue weighted by Crippen LogP contribution is -3.00. The average molecular weight is 530 g/mol. The standard InChI is InChI=1S/C26H30N2O2.HI/c1-3-28(2,25-14-16-30-17-15-25)19-20-8-12-24(13-9-20)27-26(29)23-11-10-21-6-4-5-7-22(21)18-23;/h4-13,18,25H,3,14-17,19H2,1-2H3;1H. The molecule has 1 heterocycles. The Morgan fingerprint density at radius 2 is 1.68 bits per heavy atom. The lowest BCUT2D eigenvalue weighted by Gasteiger charge is -2.42. The van der Waals surface area contributed by atoms with Crippen molar-refractivity contribution < 1.29 is 38.0 Å². The van der Waals surface area contributed by atoms with Gasteiger partial charge in [-0.15, -0.1) is 0 Å². The number of amides is 1. The molecule has 1 atom stereocenters. The van der Waals surface area contributed by atoms with Crippen molar-refractivity contribution in [2.75, 3.05) is 32.1 Å². The Balaban J connectivity index is 0.00000272. The van der Waals surface area contributed by atoms with E-state index in [0.29, 0.717) is 11.6 Å². The molecule has 1 aliphatic rings. The minimum Gasteiger partial charge on any atom is -1.00 e. The number of carbonyl (C=O) groups excluding carboxylic acids is 1. The van der Waals surface area contributed by atoms with Crippen LogP contribution < -0.4 is 29.3 Å². The Kier molecular flexibility index (Phi) is 8.08. The van der Waals surface area contributed by atoms with Gasteiger partial charge in [0.2, 0.25) is 0 Å². The monoisotopic (exact) mass is 530 g/mol. The minimum atomic E-state index is -0.0788. The molecule has 1 amide bonds. The van der Waals surface area contributed by atoms with Gasteiger partial charge in [-0.1, -0.05) is 42.5 Å². The Morgan fingerprint density at radius 1 is 1.00 bits per heavy atom. The SMILES string of the molecule is CC[N+](C)(Cc1ccc(NC(=O)c2ccc3ccccc3c2)cc1)C1CCOCC1.[I-]. The highest BCUT2D eigenvalue weighted by molar-refractivity contribution is 6.06. The van der Waals surface area contributed by atoms with Gasteiger partial charge in [-0.2, -0.15) is 0 Å². The zero-order chi connectivity index (χ0) is 21.0. The lowest BCUT2D eigenvalue weighted by molar-refractivity contribution is -0.946. The Morgan fingerprint density at radius 3 is 2.35 bits per heavy atom. The predicted molar refractivity (Wildman–Crippen MR) is 123 cm³/mol. The van der Waals surface area contributed by atoms with Gasteiger partial charge in [-0.3, -0.25) is 4.79 Å². The third kappa shape index (κ3) is 5.64. The van der Waals surface area contributed by atoms with E-state index in [1.54, 1.807) is 0 Å². The number of ether oxygens (including phenoxy) is 1. The molecular weight excluding hydrogens is 499 g/mol. The van der Waals surface area contributed by atoms with Gasteiger partial charge in [0.15, 0.2) is 0 Å². The lowest BCUT2D eigenvalue weighted by atomic mass is 10.0. The van der Waals surface area contributed by atoms with Gasteiger partial charge in [-0.25, -0.2) is 0 Å². The summed E-state index contributed by atoms with van der Waals surface area (Å²) in [4.78, 5) is 12.7. The number of anilines is 1. The Bertz CT molecular complexity index is 1020. The summed E-state index contributed by atoms with van der Waals surface area (Å²) in [5.74, 6) is -0.0788. The van der Waals surface area contributed by atoms with Crippen LogP contribution in [-0.2, 0) is 11.3 Å². The highest BCUT2D eigenvalue weighted by Crippen LogP contribution is 2.25. The van der Waals surface area contributed by atoms with E-state index in [2.05, 4.69) is 37.5 Å². The molecule has 0 spiro atoms. The first kappa shape index (κ1) is 23.7. The largest absolute Gasteiger partial charge is 1.00 e. The number of rotatable bonds is 6. The zero-order valence-corrected chi connectivity index (χ0v) is 20.5. The molecule has 0 aliphatic carbocycles. The van der Waals surface area contributed by atoms with Gasteiger partial charge in [0.25, 0.3) is 5.91 Å². The van der Waals surface area contributed by atoms with Crippen molar-refractivity contribution in [1.82, 2.24) is 0 Å². The van der Waals surface area contributed by atoms with Crippen LogP contribution in [0.25, 0.3) is 10.8 Å². The maximum atomic E-state index is 12.7. The summed E-state index contributed by atoms with van der Waals surface area (Å²) in [7, 11) is 2.35. The number of hydrogen-bond acceptors (Lipinski definition) is 2.